The fourth-order valence-corrected chi connectivity index (χ4v) is 1.65. The Hall–Kier alpha value is -1.97. The highest BCUT2D eigenvalue weighted by Gasteiger charge is 2.16. The van der Waals surface area contributed by atoms with Gasteiger partial charge in [0.05, 0.1) is 5.56 Å². The Kier molecular flexibility index (Phi) is 2.81. The Bertz CT molecular complexity index is 488. The number of rotatable bonds is 3. The molecule has 4 heteroatoms. The van der Waals surface area contributed by atoms with E-state index >= 15 is 0 Å². The number of H-pyrrole nitrogens is 1. The summed E-state index contributed by atoms with van der Waals surface area (Å²) >= 11 is 0. The number of carbonyl (C=O) groups excluding carboxylic acids is 1. The van der Waals surface area contributed by atoms with Crippen LogP contribution in [0.15, 0.2) is 24.5 Å². The second kappa shape index (κ2) is 4.26. The van der Waals surface area contributed by atoms with E-state index in [9.17, 15) is 4.79 Å². The molecule has 0 fully saturated rings. The molecular formula is C12H13N3O. The highest BCUT2D eigenvalue weighted by atomic mass is 16.1. The van der Waals surface area contributed by atoms with E-state index < -0.39 is 0 Å². The Balaban J connectivity index is 2.55. The lowest BCUT2D eigenvalue weighted by molar-refractivity contribution is 0.112. The number of aldehydes is 1. The monoisotopic (exact) mass is 215 g/mol. The van der Waals surface area contributed by atoms with E-state index in [-0.39, 0.29) is 5.92 Å². The molecule has 0 aliphatic carbocycles. The topological polar surface area (TPSA) is 58.6 Å². The molecule has 0 atom stereocenters. The van der Waals surface area contributed by atoms with Gasteiger partial charge in [-0.05, 0) is 18.1 Å². The Morgan fingerprint density at radius 3 is 2.81 bits per heavy atom. The van der Waals surface area contributed by atoms with Crippen LogP contribution in [0, 0.1) is 0 Å². The van der Waals surface area contributed by atoms with Crippen LogP contribution in [0.3, 0.4) is 0 Å². The second-order valence-corrected chi connectivity index (χ2v) is 3.91. The first kappa shape index (κ1) is 10.5. The van der Waals surface area contributed by atoms with Crippen LogP contribution < -0.4 is 0 Å². The average Bonchev–Trinajstić information content (AvgIpc) is 2.73. The minimum absolute atomic E-state index is 0.248. The second-order valence-electron chi connectivity index (χ2n) is 3.91. The van der Waals surface area contributed by atoms with Gasteiger partial charge in [-0.1, -0.05) is 13.8 Å². The van der Waals surface area contributed by atoms with Crippen LogP contribution in [0.4, 0.5) is 0 Å². The summed E-state index contributed by atoms with van der Waals surface area (Å²) in [4.78, 5) is 15.1. The van der Waals surface area contributed by atoms with Gasteiger partial charge in [0.25, 0.3) is 0 Å². The summed E-state index contributed by atoms with van der Waals surface area (Å²) in [5.74, 6) is 0.248. The predicted molar refractivity (Wildman–Crippen MR) is 61.3 cm³/mol. The zero-order valence-corrected chi connectivity index (χ0v) is 9.27. The first-order chi connectivity index (χ1) is 7.74. The van der Waals surface area contributed by atoms with Crippen molar-refractivity contribution in [3.63, 3.8) is 0 Å². The van der Waals surface area contributed by atoms with Gasteiger partial charge in [0, 0.05) is 23.7 Å². The molecule has 0 bridgehead atoms. The van der Waals surface area contributed by atoms with E-state index in [0.717, 1.165) is 17.5 Å². The number of aromatic nitrogens is 3. The zero-order valence-electron chi connectivity index (χ0n) is 9.27. The SMILES string of the molecule is CC(C)c1[nH]nc(-c2cccnc2)c1C=O. The smallest absolute Gasteiger partial charge is 0.154 e. The molecule has 0 spiro atoms. The molecule has 0 amide bonds. The lowest BCUT2D eigenvalue weighted by atomic mass is 10.0. The maximum atomic E-state index is 11.1. The van der Waals surface area contributed by atoms with Crippen LogP contribution in [0.1, 0.15) is 35.8 Å². The lowest BCUT2D eigenvalue weighted by Crippen LogP contribution is -1.93. The van der Waals surface area contributed by atoms with E-state index in [1.165, 1.54) is 0 Å². The third-order valence-electron chi connectivity index (χ3n) is 2.46. The summed E-state index contributed by atoms with van der Waals surface area (Å²) in [5.41, 5.74) is 3.02. The van der Waals surface area contributed by atoms with Gasteiger partial charge in [-0.2, -0.15) is 5.10 Å². The summed E-state index contributed by atoms with van der Waals surface area (Å²) in [6, 6.07) is 3.72. The molecule has 0 aromatic carbocycles. The predicted octanol–water partition coefficient (Wildman–Crippen LogP) is 2.41. The number of carbonyl (C=O) groups is 1. The summed E-state index contributed by atoms with van der Waals surface area (Å²) < 4.78 is 0. The number of aromatic amines is 1. The third kappa shape index (κ3) is 1.74. The molecule has 2 aromatic rings. The van der Waals surface area contributed by atoms with Crippen molar-refractivity contribution in [1.29, 1.82) is 0 Å². The average molecular weight is 215 g/mol. The lowest BCUT2D eigenvalue weighted by Gasteiger charge is -2.01. The zero-order chi connectivity index (χ0) is 11.5. The number of nitrogens with one attached hydrogen (secondary N) is 1. The van der Waals surface area contributed by atoms with Gasteiger partial charge >= 0.3 is 0 Å². The summed E-state index contributed by atoms with van der Waals surface area (Å²) in [6.45, 7) is 4.04. The van der Waals surface area contributed by atoms with Gasteiger partial charge < -0.3 is 0 Å². The van der Waals surface area contributed by atoms with Crippen molar-refractivity contribution < 1.29 is 4.79 Å². The van der Waals surface area contributed by atoms with E-state index in [4.69, 9.17) is 0 Å². The first-order valence-corrected chi connectivity index (χ1v) is 5.18. The van der Waals surface area contributed by atoms with Crippen molar-refractivity contribution in [3.05, 3.63) is 35.8 Å². The highest BCUT2D eigenvalue weighted by molar-refractivity contribution is 5.87. The highest BCUT2D eigenvalue weighted by Crippen LogP contribution is 2.25. The molecule has 0 saturated carbocycles. The summed E-state index contributed by atoms with van der Waals surface area (Å²) in [6.07, 6.45) is 4.24. The standard InChI is InChI=1S/C12H13N3O/c1-8(2)11-10(7-16)12(15-14-11)9-4-3-5-13-6-9/h3-8H,1-2H3,(H,14,15). The fourth-order valence-electron chi connectivity index (χ4n) is 1.65. The maximum Gasteiger partial charge on any atom is 0.154 e. The number of pyridine rings is 1. The Labute approximate surface area is 93.7 Å². The van der Waals surface area contributed by atoms with Gasteiger partial charge in [0.2, 0.25) is 0 Å². The maximum absolute atomic E-state index is 11.1. The Morgan fingerprint density at radius 1 is 1.44 bits per heavy atom. The molecule has 0 aliphatic heterocycles. The molecule has 16 heavy (non-hydrogen) atoms. The minimum Gasteiger partial charge on any atom is -0.298 e. The molecule has 0 aliphatic rings. The van der Waals surface area contributed by atoms with Crippen molar-refractivity contribution in [3.8, 4) is 11.3 Å². The molecule has 2 aromatic heterocycles. The van der Waals surface area contributed by atoms with Crippen molar-refractivity contribution in [1.82, 2.24) is 15.2 Å². The van der Waals surface area contributed by atoms with E-state index in [1.54, 1.807) is 12.4 Å². The van der Waals surface area contributed by atoms with Gasteiger partial charge in [0.1, 0.15) is 5.69 Å². The third-order valence-corrected chi connectivity index (χ3v) is 2.46. The number of nitrogens with zero attached hydrogens (tertiary/aromatic N) is 2. The van der Waals surface area contributed by atoms with Crippen LogP contribution in [0.5, 0.6) is 0 Å². The van der Waals surface area contributed by atoms with E-state index in [2.05, 4.69) is 15.2 Å². The normalized spacial score (nSPS) is 10.7. The summed E-state index contributed by atoms with van der Waals surface area (Å²) in [7, 11) is 0. The van der Waals surface area contributed by atoms with Crippen molar-refractivity contribution in [2.75, 3.05) is 0 Å². The largest absolute Gasteiger partial charge is 0.298 e. The minimum atomic E-state index is 0.248. The molecule has 0 radical (unpaired) electrons. The Morgan fingerprint density at radius 2 is 2.25 bits per heavy atom. The molecule has 82 valence electrons. The van der Waals surface area contributed by atoms with Gasteiger partial charge in [0.15, 0.2) is 6.29 Å². The van der Waals surface area contributed by atoms with Crippen molar-refractivity contribution >= 4 is 6.29 Å². The quantitative estimate of drug-likeness (QED) is 0.800. The fraction of sp³-hybridized carbons (Fsp3) is 0.250. The van der Waals surface area contributed by atoms with E-state index in [1.807, 2.05) is 26.0 Å². The van der Waals surface area contributed by atoms with Crippen LogP contribution in [0.25, 0.3) is 11.3 Å². The van der Waals surface area contributed by atoms with Gasteiger partial charge in [-0.25, -0.2) is 0 Å². The molecule has 0 unspecified atom stereocenters. The van der Waals surface area contributed by atoms with Gasteiger partial charge in [-0.3, -0.25) is 14.9 Å². The number of hydrogen-bond donors (Lipinski definition) is 1. The first-order valence-electron chi connectivity index (χ1n) is 5.18. The van der Waals surface area contributed by atoms with Crippen LogP contribution in [0.2, 0.25) is 0 Å². The van der Waals surface area contributed by atoms with Crippen molar-refractivity contribution in [2.24, 2.45) is 0 Å². The van der Waals surface area contributed by atoms with Crippen LogP contribution in [-0.4, -0.2) is 21.5 Å². The van der Waals surface area contributed by atoms with Crippen molar-refractivity contribution in [2.45, 2.75) is 19.8 Å². The molecule has 1 N–H and O–H groups in total. The molecular weight excluding hydrogens is 202 g/mol. The molecule has 2 rings (SSSR count). The molecule has 2 heterocycles. The van der Waals surface area contributed by atoms with E-state index in [0.29, 0.717) is 11.3 Å². The number of hydrogen-bond acceptors (Lipinski definition) is 3. The van der Waals surface area contributed by atoms with Crippen LogP contribution in [-0.2, 0) is 0 Å². The van der Waals surface area contributed by atoms with Crippen LogP contribution >= 0.6 is 0 Å². The van der Waals surface area contributed by atoms with Gasteiger partial charge in [-0.15, -0.1) is 0 Å². The summed E-state index contributed by atoms with van der Waals surface area (Å²) in [5, 5.41) is 7.10. The molecule has 0 saturated heterocycles. The molecule has 4 nitrogen and oxygen atoms in total.